The standard InChI is InChI=1S/C25H32N4O3/c1-32-23-11-5-10-22(18-23)27-13-15-28(16-14-27)24(30)17-20-7-6-12-29(19-20)25(31)26-21-8-3-2-4-9-21/h2-5,8-11,18,20H,6-7,12-17,19H2,1H3,(H,26,31). The number of likely N-dealkylation sites (tertiary alicyclic amines) is 1. The van der Waals surface area contributed by atoms with Crippen LogP contribution >= 0.6 is 0 Å². The summed E-state index contributed by atoms with van der Waals surface area (Å²) in [5.41, 5.74) is 1.92. The number of carbonyl (C=O) groups excluding carboxylic acids is 2. The molecule has 1 unspecified atom stereocenters. The number of para-hydroxylation sites is 1. The first kappa shape index (κ1) is 22.0. The van der Waals surface area contributed by atoms with Crippen molar-refractivity contribution in [3.05, 3.63) is 54.6 Å². The molecule has 4 rings (SSSR count). The van der Waals surface area contributed by atoms with Gasteiger partial charge in [-0.3, -0.25) is 4.79 Å². The summed E-state index contributed by atoms with van der Waals surface area (Å²) in [6.45, 7) is 4.45. The van der Waals surface area contributed by atoms with Gasteiger partial charge in [0.2, 0.25) is 5.91 Å². The van der Waals surface area contributed by atoms with E-state index in [1.54, 1.807) is 7.11 Å². The lowest BCUT2D eigenvalue weighted by atomic mass is 9.94. The van der Waals surface area contributed by atoms with E-state index in [9.17, 15) is 9.59 Å². The Balaban J connectivity index is 1.25. The molecule has 2 heterocycles. The predicted octanol–water partition coefficient (Wildman–Crippen LogP) is 3.68. The van der Waals surface area contributed by atoms with Crippen LogP contribution in [0.2, 0.25) is 0 Å². The number of nitrogens with one attached hydrogen (secondary N) is 1. The van der Waals surface area contributed by atoms with Gasteiger partial charge in [-0.25, -0.2) is 4.79 Å². The summed E-state index contributed by atoms with van der Waals surface area (Å²) in [6, 6.07) is 17.5. The zero-order valence-corrected chi connectivity index (χ0v) is 18.7. The van der Waals surface area contributed by atoms with Gasteiger partial charge in [-0.05, 0) is 43.0 Å². The predicted molar refractivity (Wildman–Crippen MR) is 126 cm³/mol. The number of piperidine rings is 1. The SMILES string of the molecule is COc1cccc(N2CCN(C(=O)CC3CCCN(C(=O)Nc4ccccc4)C3)CC2)c1. The molecule has 2 aliphatic heterocycles. The van der Waals surface area contributed by atoms with Crippen LogP contribution in [0.5, 0.6) is 5.75 Å². The van der Waals surface area contributed by atoms with Crippen molar-refractivity contribution in [2.45, 2.75) is 19.3 Å². The monoisotopic (exact) mass is 436 g/mol. The van der Waals surface area contributed by atoms with Gasteiger partial charge in [-0.2, -0.15) is 0 Å². The first-order chi connectivity index (χ1) is 15.6. The van der Waals surface area contributed by atoms with Crippen LogP contribution in [0.25, 0.3) is 0 Å². The zero-order valence-electron chi connectivity index (χ0n) is 18.7. The molecule has 2 aliphatic rings. The normalized spacial score (nSPS) is 18.9. The molecule has 2 aromatic rings. The summed E-state index contributed by atoms with van der Waals surface area (Å²) >= 11 is 0. The van der Waals surface area contributed by atoms with Crippen molar-refractivity contribution in [3.63, 3.8) is 0 Å². The van der Waals surface area contributed by atoms with Crippen LogP contribution in [0.3, 0.4) is 0 Å². The van der Waals surface area contributed by atoms with Gasteiger partial charge in [0, 0.05) is 63.1 Å². The Morgan fingerprint density at radius 2 is 1.75 bits per heavy atom. The van der Waals surface area contributed by atoms with E-state index >= 15 is 0 Å². The highest BCUT2D eigenvalue weighted by Crippen LogP contribution is 2.24. The van der Waals surface area contributed by atoms with Gasteiger partial charge >= 0.3 is 6.03 Å². The van der Waals surface area contributed by atoms with Gasteiger partial charge < -0.3 is 24.8 Å². The van der Waals surface area contributed by atoms with Crippen LogP contribution in [-0.4, -0.2) is 68.1 Å². The highest BCUT2D eigenvalue weighted by atomic mass is 16.5. The summed E-state index contributed by atoms with van der Waals surface area (Å²) in [4.78, 5) is 31.7. The lowest BCUT2D eigenvalue weighted by Crippen LogP contribution is -2.50. The summed E-state index contributed by atoms with van der Waals surface area (Å²) in [5, 5.41) is 2.95. The number of anilines is 2. The Morgan fingerprint density at radius 1 is 0.969 bits per heavy atom. The Bertz CT molecular complexity index is 912. The number of urea groups is 1. The van der Waals surface area contributed by atoms with E-state index in [1.807, 2.05) is 58.3 Å². The summed E-state index contributed by atoms with van der Waals surface area (Å²) in [7, 11) is 1.67. The van der Waals surface area contributed by atoms with Crippen LogP contribution in [0.4, 0.5) is 16.2 Å². The molecule has 1 atom stereocenters. The minimum absolute atomic E-state index is 0.0831. The molecular weight excluding hydrogens is 404 g/mol. The highest BCUT2D eigenvalue weighted by molar-refractivity contribution is 5.89. The van der Waals surface area contributed by atoms with Crippen molar-refractivity contribution in [1.82, 2.24) is 9.80 Å². The Kier molecular flexibility index (Phi) is 7.14. The first-order valence-corrected chi connectivity index (χ1v) is 11.4. The van der Waals surface area contributed by atoms with E-state index in [2.05, 4.69) is 16.3 Å². The number of piperazine rings is 1. The molecule has 3 amide bonds. The lowest BCUT2D eigenvalue weighted by Gasteiger charge is -2.38. The summed E-state index contributed by atoms with van der Waals surface area (Å²) < 4.78 is 5.32. The third-order valence-corrected chi connectivity index (χ3v) is 6.35. The molecule has 7 nitrogen and oxygen atoms in total. The smallest absolute Gasteiger partial charge is 0.321 e. The maximum absolute atomic E-state index is 12.9. The van der Waals surface area contributed by atoms with Crippen LogP contribution < -0.4 is 15.0 Å². The topological polar surface area (TPSA) is 65.1 Å². The third kappa shape index (κ3) is 5.52. The Labute approximate surface area is 189 Å². The second kappa shape index (κ2) is 10.4. The van der Waals surface area contributed by atoms with Crippen molar-refractivity contribution in [3.8, 4) is 5.75 Å². The van der Waals surface area contributed by atoms with E-state index in [0.29, 0.717) is 13.0 Å². The molecule has 0 spiro atoms. The fourth-order valence-corrected chi connectivity index (χ4v) is 4.54. The average molecular weight is 437 g/mol. The van der Waals surface area contributed by atoms with Gasteiger partial charge in [-0.15, -0.1) is 0 Å². The van der Waals surface area contributed by atoms with Crippen molar-refractivity contribution < 1.29 is 14.3 Å². The minimum atomic E-state index is -0.0831. The van der Waals surface area contributed by atoms with Crippen LogP contribution in [-0.2, 0) is 4.79 Å². The Morgan fingerprint density at radius 3 is 2.50 bits per heavy atom. The molecular formula is C25H32N4O3. The van der Waals surface area contributed by atoms with Crippen molar-refractivity contribution in [2.24, 2.45) is 5.92 Å². The number of hydrogen-bond acceptors (Lipinski definition) is 4. The van der Waals surface area contributed by atoms with Crippen LogP contribution in [0.1, 0.15) is 19.3 Å². The molecule has 7 heteroatoms. The molecule has 0 saturated carbocycles. The number of methoxy groups -OCH3 is 1. The van der Waals surface area contributed by atoms with Crippen molar-refractivity contribution >= 4 is 23.3 Å². The molecule has 0 bridgehead atoms. The minimum Gasteiger partial charge on any atom is -0.497 e. The number of amides is 3. The van der Waals surface area contributed by atoms with Crippen molar-refractivity contribution in [1.29, 1.82) is 0 Å². The zero-order chi connectivity index (χ0) is 22.3. The summed E-state index contributed by atoms with van der Waals surface area (Å²) in [5.74, 6) is 1.26. The van der Waals surface area contributed by atoms with Gasteiger partial charge in [0.15, 0.2) is 0 Å². The number of rotatable bonds is 5. The molecule has 0 aromatic heterocycles. The quantitative estimate of drug-likeness (QED) is 0.777. The molecule has 0 aliphatic carbocycles. The summed E-state index contributed by atoms with van der Waals surface area (Å²) in [6.07, 6.45) is 2.43. The van der Waals surface area contributed by atoms with Crippen molar-refractivity contribution in [2.75, 3.05) is 56.6 Å². The Hall–Kier alpha value is -3.22. The lowest BCUT2D eigenvalue weighted by molar-refractivity contribution is -0.132. The maximum atomic E-state index is 12.9. The van der Waals surface area contributed by atoms with Crippen LogP contribution in [0, 0.1) is 5.92 Å². The average Bonchev–Trinajstić information content (AvgIpc) is 2.85. The van der Waals surface area contributed by atoms with Gasteiger partial charge in [0.05, 0.1) is 7.11 Å². The van der Waals surface area contributed by atoms with E-state index in [0.717, 1.165) is 62.7 Å². The number of benzene rings is 2. The molecule has 2 fully saturated rings. The van der Waals surface area contributed by atoms with Gasteiger partial charge in [0.25, 0.3) is 0 Å². The van der Waals surface area contributed by atoms with E-state index in [1.165, 1.54) is 0 Å². The molecule has 2 aromatic carbocycles. The third-order valence-electron chi connectivity index (χ3n) is 6.35. The first-order valence-electron chi connectivity index (χ1n) is 11.4. The van der Waals surface area contributed by atoms with E-state index < -0.39 is 0 Å². The molecule has 170 valence electrons. The largest absolute Gasteiger partial charge is 0.497 e. The van der Waals surface area contributed by atoms with E-state index in [4.69, 9.17) is 4.74 Å². The second-order valence-electron chi connectivity index (χ2n) is 8.52. The van der Waals surface area contributed by atoms with Crippen LogP contribution in [0.15, 0.2) is 54.6 Å². The van der Waals surface area contributed by atoms with Gasteiger partial charge in [-0.1, -0.05) is 24.3 Å². The maximum Gasteiger partial charge on any atom is 0.321 e. The molecule has 0 radical (unpaired) electrons. The highest BCUT2D eigenvalue weighted by Gasteiger charge is 2.28. The fourth-order valence-electron chi connectivity index (χ4n) is 4.54. The second-order valence-corrected chi connectivity index (χ2v) is 8.52. The number of ether oxygens (including phenoxy) is 1. The molecule has 2 saturated heterocycles. The molecule has 1 N–H and O–H groups in total. The van der Waals surface area contributed by atoms with E-state index in [-0.39, 0.29) is 17.9 Å². The molecule has 32 heavy (non-hydrogen) atoms. The number of carbonyl (C=O) groups is 2. The van der Waals surface area contributed by atoms with Gasteiger partial charge in [0.1, 0.15) is 5.75 Å². The fraction of sp³-hybridized carbons (Fsp3) is 0.440. The number of nitrogens with zero attached hydrogens (tertiary/aromatic N) is 3. The number of hydrogen-bond donors (Lipinski definition) is 1.